The highest BCUT2D eigenvalue weighted by Crippen LogP contribution is 2.28. The average molecular weight is 477 g/mol. The van der Waals surface area contributed by atoms with Gasteiger partial charge >= 0.3 is 0 Å². The number of aromatic hydroxyl groups is 1. The first-order valence-corrected chi connectivity index (χ1v) is 10.8. The van der Waals surface area contributed by atoms with Crippen LogP contribution in [-0.2, 0) is 11.3 Å². The lowest BCUT2D eigenvalue weighted by molar-refractivity contribution is -0.114. The quantitative estimate of drug-likeness (QED) is 0.453. The summed E-state index contributed by atoms with van der Waals surface area (Å²) < 4.78 is 15.9. The van der Waals surface area contributed by atoms with Gasteiger partial charge in [0.05, 0.1) is 27.9 Å². The molecule has 0 saturated carbocycles. The third-order valence-corrected chi connectivity index (χ3v) is 5.31. The Balaban J connectivity index is 1.96. The minimum Gasteiger partial charge on any atom is -0.504 e. The zero-order chi connectivity index (χ0) is 25.4. The molecule has 2 N–H and O–H groups in total. The third kappa shape index (κ3) is 6.32. The molecule has 0 heterocycles. The molecule has 0 aliphatic carbocycles. The molecule has 2 amide bonds. The Kier molecular flexibility index (Phi) is 8.34. The SMILES string of the molecule is CNC(=O)c1ccc(N(Cc2cc(OC)cc(OC)c2)C(=O)/C=C/c2ccc(O)c(OC)c2)cc1. The first-order valence-electron chi connectivity index (χ1n) is 10.8. The molecule has 0 bridgehead atoms. The minimum atomic E-state index is -0.286. The van der Waals surface area contributed by atoms with E-state index < -0.39 is 0 Å². The zero-order valence-electron chi connectivity index (χ0n) is 20.1. The van der Waals surface area contributed by atoms with E-state index in [4.69, 9.17) is 14.2 Å². The number of amides is 2. The first-order chi connectivity index (χ1) is 16.9. The van der Waals surface area contributed by atoms with Gasteiger partial charge in [-0.15, -0.1) is 0 Å². The van der Waals surface area contributed by atoms with Gasteiger partial charge in [-0.25, -0.2) is 0 Å². The molecule has 0 radical (unpaired) electrons. The number of carbonyl (C=O) groups is 2. The Morgan fingerprint density at radius 1 is 0.914 bits per heavy atom. The van der Waals surface area contributed by atoms with Crippen molar-refractivity contribution in [3.63, 3.8) is 0 Å². The summed E-state index contributed by atoms with van der Waals surface area (Å²) in [4.78, 5) is 26.9. The fraction of sp³-hybridized carbons (Fsp3) is 0.185. The van der Waals surface area contributed by atoms with Gasteiger partial charge in [0.25, 0.3) is 11.8 Å². The summed E-state index contributed by atoms with van der Waals surface area (Å²) in [5.41, 5.74) is 2.58. The summed E-state index contributed by atoms with van der Waals surface area (Å²) in [6.07, 6.45) is 3.08. The van der Waals surface area contributed by atoms with Crippen LogP contribution in [-0.4, -0.2) is 45.3 Å². The molecule has 0 aromatic heterocycles. The van der Waals surface area contributed by atoms with Crippen LogP contribution in [0, 0.1) is 0 Å². The van der Waals surface area contributed by atoms with Crippen LogP contribution < -0.4 is 24.4 Å². The van der Waals surface area contributed by atoms with Gasteiger partial charge < -0.3 is 29.5 Å². The number of methoxy groups -OCH3 is 3. The second-order valence-electron chi connectivity index (χ2n) is 7.54. The van der Waals surface area contributed by atoms with Crippen LogP contribution in [0.15, 0.2) is 66.7 Å². The van der Waals surface area contributed by atoms with Crippen molar-refractivity contribution in [3.8, 4) is 23.0 Å². The van der Waals surface area contributed by atoms with Gasteiger partial charge in [0.1, 0.15) is 11.5 Å². The summed E-state index contributed by atoms with van der Waals surface area (Å²) in [6.45, 7) is 0.231. The van der Waals surface area contributed by atoms with Crippen LogP contribution in [0.1, 0.15) is 21.5 Å². The fourth-order valence-corrected chi connectivity index (χ4v) is 3.43. The van der Waals surface area contributed by atoms with Crippen molar-refractivity contribution in [3.05, 3.63) is 83.4 Å². The molecule has 0 atom stereocenters. The van der Waals surface area contributed by atoms with Gasteiger partial charge in [0, 0.05) is 30.4 Å². The molecule has 0 spiro atoms. The fourth-order valence-electron chi connectivity index (χ4n) is 3.43. The molecule has 0 fully saturated rings. The minimum absolute atomic E-state index is 0.0146. The van der Waals surface area contributed by atoms with Gasteiger partial charge in [0.15, 0.2) is 11.5 Å². The number of anilines is 1. The van der Waals surface area contributed by atoms with E-state index in [0.717, 1.165) is 5.56 Å². The molecule has 35 heavy (non-hydrogen) atoms. The molecule has 182 valence electrons. The molecule has 8 nitrogen and oxygen atoms in total. The van der Waals surface area contributed by atoms with Crippen molar-refractivity contribution in [1.82, 2.24) is 5.32 Å². The summed E-state index contributed by atoms with van der Waals surface area (Å²) in [6, 6.07) is 17.0. The van der Waals surface area contributed by atoms with E-state index in [0.29, 0.717) is 34.1 Å². The van der Waals surface area contributed by atoms with Crippen LogP contribution in [0.25, 0.3) is 6.08 Å². The number of hydrogen-bond acceptors (Lipinski definition) is 6. The van der Waals surface area contributed by atoms with Crippen LogP contribution in [0.4, 0.5) is 5.69 Å². The number of benzene rings is 3. The Bertz CT molecular complexity index is 1200. The largest absolute Gasteiger partial charge is 0.504 e. The molecule has 0 unspecified atom stereocenters. The lowest BCUT2D eigenvalue weighted by Crippen LogP contribution is -2.29. The lowest BCUT2D eigenvalue weighted by Gasteiger charge is -2.22. The van der Waals surface area contributed by atoms with E-state index in [-0.39, 0.29) is 24.1 Å². The van der Waals surface area contributed by atoms with Gasteiger partial charge in [0.2, 0.25) is 0 Å². The van der Waals surface area contributed by atoms with E-state index in [1.807, 2.05) is 12.1 Å². The summed E-state index contributed by atoms with van der Waals surface area (Å²) in [7, 11) is 6.15. The Hall–Kier alpha value is -4.46. The van der Waals surface area contributed by atoms with E-state index in [9.17, 15) is 14.7 Å². The van der Waals surface area contributed by atoms with E-state index in [1.54, 1.807) is 74.7 Å². The third-order valence-electron chi connectivity index (χ3n) is 5.31. The first kappa shape index (κ1) is 25.2. The standard InChI is InChI=1S/C27H28N2O6/c1-28-27(32)20-7-9-21(10-8-20)29(17-19-13-22(33-2)16-23(14-19)34-3)26(31)12-6-18-5-11-24(30)25(15-18)35-4/h5-16,30H,17H2,1-4H3,(H,28,32)/b12-6+. The molecule has 8 heteroatoms. The zero-order valence-corrected chi connectivity index (χ0v) is 20.1. The highest BCUT2D eigenvalue weighted by molar-refractivity contribution is 6.04. The lowest BCUT2D eigenvalue weighted by atomic mass is 10.1. The summed E-state index contributed by atoms with van der Waals surface area (Å²) in [5.74, 6) is 1.03. The maximum Gasteiger partial charge on any atom is 0.251 e. The summed E-state index contributed by atoms with van der Waals surface area (Å²) in [5, 5.41) is 12.4. The Labute approximate surface area is 204 Å². The van der Waals surface area contributed by atoms with E-state index >= 15 is 0 Å². The van der Waals surface area contributed by atoms with Gasteiger partial charge in [-0.3, -0.25) is 9.59 Å². The second kappa shape index (κ2) is 11.6. The predicted octanol–water partition coefficient (Wildman–Crippen LogP) is 4.02. The number of phenols is 1. The van der Waals surface area contributed by atoms with Crippen LogP contribution in [0.2, 0.25) is 0 Å². The predicted molar refractivity (Wildman–Crippen MR) is 134 cm³/mol. The van der Waals surface area contributed by atoms with Crippen molar-refractivity contribution in [2.75, 3.05) is 33.3 Å². The normalized spacial score (nSPS) is 10.6. The highest BCUT2D eigenvalue weighted by Gasteiger charge is 2.16. The molecule has 0 aliphatic heterocycles. The number of ether oxygens (including phenoxy) is 3. The maximum atomic E-state index is 13.3. The number of carbonyl (C=O) groups excluding carboxylic acids is 2. The number of nitrogens with zero attached hydrogens (tertiary/aromatic N) is 1. The van der Waals surface area contributed by atoms with Crippen molar-refractivity contribution in [1.29, 1.82) is 0 Å². The van der Waals surface area contributed by atoms with Crippen LogP contribution in [0.5, 0.6) is 23.0 Å². The topological polar surface area (TPSA) is 97.3 Å². The van der Waals surface area contributed by atoms with Crippen molar-refractivity contribution in [2.45, 2.75) is 6.54 Å². The van der Waals surface area contributed by atoms with Crippen molar-refractivity contribution < 1.29 is 28.9 Å². The number of nitrogens with one attached hydrogen (secondary N) is 1. The van der Waals surface area contributed by atoms with Gasteiger partial charge in [-0.2, -0.15) is 0 Å². The van der Waals surface area contributed by atoms with Gasteiger partial charge in [-0.1, -0.05) is 6.07 Å². The van der Waals surface area contributed by atoms with Crippen LogP contribution >= 0.6 is 0 Å². The number of rotatable bonds is 9. The molecule has 3 aromatic rings. The van der Waals surface area contributed by atoms with Crippen molar-refractivity contribution >= 4 is 23.6 Å². The van der Waals surface area contributed by atoms with Crippen LogP contribution in [0.3, 0.4) is 0 Å². The molecular formula is C27H28N2O6. The maximum absolute atomic E-state index is 13.3. The average Bonchev–Trinajstić information content (AvgIpc) is 2.90. The smallest absolute Gasteiger partial charge is 0.251 e. The number of hydrogen-bond donors (Lipinski definition) is 2. The Morgan fingerprint density at radius 2 is 1.57 bits per heavy atom. The highest BCUT2D eigenvalue weighted by atomic mass is 16.5. The van der Waals surface area contributed by atoms with Gasteiger partial charge in [-0.05, 0) is 65.7 Å². The monoisotopic (exact) mass is 476 g/mol. The molecule has 3 rings (SSSR count). The van der Waals surface area contributed by atoms with Crippen molar-refractivity contribution in [2.24, 2.45) is 0 Å². The Morgan fingerprint density at radius 3 is 2.14 bits per heavy atom. The summed E-state index contributed by atoms with van der Waals surface area (Å²) >= 11 is 0. The molecule has 0 aliphatic rings. The molecule has 0 saturated heterocycles. The van der Waals surface area contributed by atoms with E-state index in [2.05, 4.69) is 5.32 Å². The second-order valence-corrected chi connectivity index (χ2v) is 7.54. The molecule has 3 aromatic carbocycles. The number of phenolic OH excluding ortho intramolecular Hbond substituents is 1. The van der Waals surface area contributed by atoms with E-state index in [1.165, 1.54) is 19.3 Å². The molecular weight excluding hydrogens is 448 g/mol.